The normalized spacial score (nSPS) is 39.6. The van der Waals surface area contributed by atoms with E-state index in [4.69, 9.17) is 0 Å². The second-order valence-corrected chi connectivity index (χ2v) is 10.1. The van der Waals surface area contributed by atoms with Crippen molar-refractivity contribution < 1.29 is 14.4 Å². The van der Waals surface area contributed by atoms with Crippen LogP contribution in [0.25, 0.3) is 0 Å². The summed E-state index contributed by atoms with van der Waals surface area (Å²) in [5, 5.41) is 3.43. The first kappa shape index (κ1) is 17.5. The van der Waals surface area contributed by atoms with E-state index in [9.17, 15) is 14.4 Å². The molecule has 1 aromatic carbocycles. The number of anilines is 1. The molecule has 0 radical (unpaired) electrons. The molecule has 1 N–H and O–H groups in total. The number of hydrogen-bond donors (Lipinski definition) is 1. The molecule has 4 aliphatic carbocycles. The maximum absolute atomic E-state index is 13.9. The van der Waals surface area contributed by atoms with Crippen LogP contribution in [0.3, 0.4) is 0 Å². The van der Waals surface area contributed by atoms with E-state index in [-0.39, 0.29) is 29.7 Å². The van der Waals surface area contributed by atoms with Gasteiger partial charge in [0.05, 0.1) is 11.3 Å². The van der Waals surface area contributed by atoms with Crippen LogP contribution in [0.2, 0.25) is 0 Å². The first-order valence-electron chi connectivity index (χ1n) is 10.9. The van der Waals surface area contributed by atoms with Crippen molar-refractivity contribution in [3.8, 4) is 0 Å². The molecule has 1 saturated heterocycles. The predicted octanol–water partition coefficient (Wildman–Crippen LogP) is 2.68. The molecule has 0 spiro atoms. The van der Waals surface area contributed by atoms with Gasteiger partial charge in [-0.05, 0) is 68.4 Å². The minimum absolute atomic E-state index is 0.0857. The molecular formula is C23H27N3O3. The van der Waals surface area contributed by atoms with Crippen LogP contribution in [0.4, 0.5) is 5.69 Å². The molecule has 6 heteroatoms. The van der Waals surface area contributed by atoms with E-state index in [2.05, 4.69) is 5.32 Å². The van der Waals surface area contributed by atoms with Crippen LogP contribution in [0.15, 0.2) is 24.3 Å². The van der Waals surface area contributed by atoms with E-state index in [1.165, 1.54) is 24.2 Å². The zero-order valence-corrected chi connectivity index (χ0v) is 16.8. The lowest BCUT2D eigenvalue weighted by Crippen LogP contribution is -2.72. The van der Waals surface area contributed by atoms with Crippen LogP contribution < -0.4 is 10.2 Å². The molecule has 6 aliphatic rings. The summed E-state index contributed by atoms with van der Waals surface area (Å²) in [5.74, 6) is 1.70. The van der Waals surface area contributed by atoms with Crippen molar-refractivity contribution in [3.63, 3.8) is 0 Å². The molecular weight excluding hydrogens is 366 g/mol. The van der Waals surface area contributed by atoms with Crippen LogP contribution in [-0.2, 0) is 9.59 Å². The van der Waals surface area contributed by atoms with E-state index in [1.54, 1.807) is 30.1 Å². The fourth-order valence-electron chi connectivity index (χ4n) is 7.53. The lowest BCUT2D eigenvalue weighted by atomic mass is 9.53. The number of amides is 3. The predicted molar refractivity (Wildman–Crippen MR) is 107 cm³/mol. The number of nitrogens with zero attached hydrogens (tertiary/aromatic N) is 2. The molecule has 4 saturated carbocycles. The quantitative estimate of drug-likeness (QED) is 0.840. The van der Waals surface area contributed by atoms with Gasteiger partial charge >= 0.3 is 0 Å². The van der Waals surface area contributed by atoms with Crippen LogP contribution in [0.1, 0.15) is 61.7 Å². The summed E-state index contributed by atoms with van der Waals surface area (Å²) >= 11 is 0. The second-order valence-electron chi connectivity index (χ2n) is 10.1. The highest BCUT2D eigenvalue weighted by Gasteiger charge is 2.61. The second kappa shape index (κ2) is 5.61. The largest absolute Gasteiger partial charge is 0.347 e. The number of nitrogens with one attached hydrogen (secondary N) is 1. The Hall–Kier alpha value is -2.37. The Morgan fingerprint density at radius 1 is 1.03 bits per heavy atom. The molecule has 1 atom stereocenters. The Balaban J connectivity index is 1.40. The summed E-state index contributed by atoms with van der Waals surface area (Å²) in [6.45, 7) is 0. The fraction of sp³-hybridized carbons (Fsp3) is 0.609. The van der Waals surface area contributed by atoms with Crippen LogP contribution in [0, 0.1) is 17.8 Å². The first-order valence-corrected chi connectivity index (χ1v) is 10.9. The van der Waals surface area contributed by atoms with E-state index in [0.29, 0.717) is 35.4 Å². The number of benzene rings is 1. The number of carbonyl (C=O) groups is 3. The molecule has 0 aromatic heterocycles. The lowest BCUT2D eigenvalue weighted by Gasteiger charge is -2.58. The van der Waals surface area contributed by atoms with Gasteiger partial charge in [0.2, 0.25) is 11.6 Å². The van der Waals surface area contributed by atoms with Crippen molar-refractivity contribution in [1.82, 2.24) is 10.2 Å². The summed E-state index contributed by atoms with van der Waals surface area (Å²) in [6.07, 6.45) is 7.67. The van der Waals surface area contributed by atoms with Gasteiger partial charge in [-0.2, -0.15) is 0 Å². The summed E-state index contributed by atoms with van der Waals surface area (Å²) in [6, 6.07) is 7.15. The Morgan fingerprint density at radius 3 is 2.31 bits per heavy atom. The first-order chi connectivity index (χ1) is 13.9. The summed E-state index contributed by atoms with van der Waals surface area (Å²) < 4.78 is 0. The molecule has 6 nitrogen and oxygen atoms in total. The van der Waals surface area contributed by atoms with Gasteiger partial charge in [0.1, 0.15) is 0 Å². The third kappa shape index (κ3) is 2.20. The minimum atomic E-state index is -1.24. The van der Waals surface area contributed by atoms with Crippen molar-refractivity contribution in [2.45, 2.75) is 62.6 Å². The highest BCUT2D eigenvalue weighted by molar-refractivity contribution is 6.16. The Morgan fingerprint density at radius 2 is 1.66 bits per heavy atom. The third-order valence-electron chi connectivity index (χ3n) is 8.32. The SMILES string of the molecule is CN1C(=O)c2ccccc2N2C(=O)CC[C@@]12C(=O)NC12CC3CC(CC(C3)C1)C2. The van der Waals surface area contributed by atoms with Crippen molar-refractivity contribution in [3.05, 3.63) is 29.8 Å². The molecule has 4 bridgehead atoms. The highest BCUT2D eigenvalue weighted by Crippen LogP contribution is 2.56. The Bertz CT molecular complexity index is 906. The summed E-state index contributed by atoms with van der Waals surface area (Å²) in [7, 11) is 1.67. The monoisotopic (exact) mass is 393 g/mol. The van der Waals surface area contributed by atoms with Crippen LogP contribution >= 0.6 is 0 Å². The molecule has 152 valence electrons. The van der Waals surface area contributed by atoms with Gasteiger partial charge in [-0.3, -0.25) is 19.3 Å². The van der Waals surface area contributed by atoms with Crippen molar-refractivity contribution in [1.29, 1.82) is 0 Å². The van der Waals surface area contributed by atoms with Gasteiger partial charge in [-0.1, -0.05) is 12.1 Å². The average molecular weight is 393 g/mol. The minimum Gasteiger partial charge on any atom is -0.347 e. The molecule has 0 unspecified atom stereocenters. The van der Waals surface area contributed by atoms with E-state index in [0.717, 1.165) is 19.3 Å². The third-order valence-corrected chi connectivity index (χ3v) is 8.32. The maximum Gasteiger partial charge on any atom is 0.267 e. The van der Waals surface area contributed by atoms with E-state index in [1.807, 2.05) is 6.07 Å². The van der Waals surface area contributed by atoms with Crippen molar-refractivity contribution in [2.24, 2.45) is 17.8 Å². The average Bonchev–Trinajstić information content (AvgIpc) is 3.03. The van der Waals surface area contributed by atoms with Gasteiger partial charge in [0, 0.05) is 25.4 Å². The zero-order valence-electron chi connectivity index (χ0n) is 16.8. The molecule has 29 heavy (non-hydrogen) atoms. The standard InChI is InChI=1S/C23H27N3O3/c1-25-20(28)17-4-2-3-5-18(17)26-19(27)6-7-23(25,26)21(29)24-22-11-14-8-15(12-22)10-16(9-14)13-22/h2-5,14-16H,6-13H2,1H3,(H,24,29)/t14?,15?,16?,22?,23-/m1/s1. The fourth-order valence-corrected chi connectivity index (χ4v) is 7.53. The maximum atomic E-state index is 13.9. The van der Waals surface area contributed by atoms with Gasteiger partial charge in [0.15, 0.2) is 0 Å². The van der Waals surface area contributed by atoms with Gasteiger partial charge in [-0.25, -0.2) is 0 Å². The number of carbonyl (C=O) groups excluding carboxylic acids is 3. The van der Waals surface area contributed by atoms with Crippen LogP contribution in [-0.4, -0.2) is 40.9 Å². The smallest absolute Gasteiger partial charge is 0.267 e. The van der Waals surface area contributed by atoms with Crippen LogP contribution in [0.5, 0.6) is 0 Å². The number of hydrogen-bond acceptors (Lipinski definition) is 3. The Labute approximate surface area is 170 Å². The van der Waals surface area contributed by atoms with Gasteiger partial charge < -0.3 is 10.2 Å². The molecule has 1 aromatic rings. The zero-order chi connectivity index (χ0) is 20.0. The number of fused-ring (bicyclic) bond motifs is 3. The number of likely N-dealkylation sites (N-methyl/N-ethyl adjacent to an activating group) is 1. The number of rotatable bonds is 2. The lowest BCUT2D eigenvalue weighted by molar-refractivity contribution is -0.138. The highest BCUT2D eigenvalue weighted by atomic mass is 16.2. The van der Waals surface area contributed by atoms with Gasteiger partial charge in [-0.15, -0.1) is 0 Å². The van der Waals surface area contributed by atoms with E-state index >= 15 is 0 Å². The topological polar surface area (TPSA) is 69.7 Å². The van der Waals surface area contributed by atoms with Crippen molar-refractivity contribution in [2.75, 3.05) is 11.9 Å². The van der Waals surface area contributed by atoms with E-state index < -0.39 is 5.66 Å². The summed E-state index contributed by atoms with van der Waals surface area (Å²) in [5.41, 5.74) is -0.341. The molecule has 2 heterocycles. The molecule has 7 rings (SSSR count). The van der Waals surface area contributed by atoms with Crippen molar-refractivity contribution >= 4 is 23.4 Å². The van der Waals surface area contributed by atoms with Gasteiger partial charge in [0.25, 0.3) is 11.8 Å². The number of para-hydroxylation sites is 1. The Kier molecular flexibility index (Phi) is 3.38. The molecule has 3 amide bonds. The summed E-state index contributed by atoms with van der Waals surface area (Å²) in [4.78, 5) is 43.1. The molecule has 5 fully saturated rings. The molecule has 2 aliphatic heterocycles.